The average Bonchev–Trinajstić information content (AvgIpc) is 2.44. The van der Waals surface area contributed by atoms with E-state index in [0.717, 1.165) is 0 Å². The van der Waals surface area contributed by atoms with Crippen LogP contribution in [0.3, 0.4) is 0 Å². The highest BCUT2D eigenvalue weighted by molar-refractivity contribution is 6.12. The Morgan fingerprint density at radius 3 is 2.64 bits per heavy atom. The number of hydrogen-bond donors (Lipinski definition) is 0. The van der Waals surface area contributed by atoms with Crippen molar-refractivity contribution in [1.82, 2.24) is 4.90 Å². The first-order valence-electron chi connectivity index (χ1n) is 4.38. The molecule has 3 heteroatoms. The second-order valence-corrected chi connectivity index (χ2v) is 3.38. The predicted octanol–water partition coefficient (Wildman–Crippen LogP) is 1.66. The predicted molar refractivity (Wildman–Crippen MR) is 53.2 cm³/mol. The fourth-order valence-corrected chi connectivity index (χ4v) is 1.36. The smallest absolute Gasteiger partial charge is 0.233 e. The number of ether oxygens (including phenoxy) is 1. The molecule has 1 aromatic rings. The zero-order chi connectivity index (χ0) is 10.1. The van der Waals surface area contributed by atoms with Crippen LogP contribution in [-0.2, 0) is 0 Å². The van der Waals surface area contributed by atoms with E-state index in [1.807, 2.05) is 26.2 Å². The summed E-state index contributed by atoms with van der Waals surface area (Å²) in [5.74, 6) is 0.983. The number of rotatable bonds is 1. The van der Waals surface area contributed by atoms with Crippen LogP contribution in [0.5, 0.6) is 5.75 Å². The highest BCUT2D eigenvalue weighted by Crippen LogP contribution is 2.30. The third-order valence-electron chi connectivity index (χ3n) is 1.95. The molecule has 0 fully saturated rings. The molecule has 0 saturated carbocycles. The van der Waals surface area contributed by atoms with Crippen molar-refractivity contribution in [2.75, 3.05) is 14.1 Å². The molecular formula is C11H11NO2. The van der Waals surface area contributed by atoms with Crippen LogP contribution in [0.2, 0.25) is 0 Å². The Morgan fingerprint density at radius 1 is 1.29 bits per heavy atom. The second kappa shape index (κ2) is 3.18. The van der Waals surface area contributed by atoms with Gasteiger partial charge in [0.25, 0.3) is 0 Å². The minimum absolute atomic E-state index is 0.0469. The molecule has 1 aromatic carbocycles. The number of carbonyl (C=O) groups is 1. The van der Waals surface area contributed by atoms with Gasteiger partial charge < -0.3 is 9.64 Å². The fraction of sp³-hybridized carbons (Fsp3) is 0.182. The van der Waals surface area contributed by atoms with E-state index >= 15 is 0 Å². The van der Waals surface area contributed by atoms with Crippen molar-refractivity contribution in [3.63, 3.8) is 0 Å². The first-order valence-corrected chi connectivity index (χ1v) is 4.38. The Bertz CT molecular complexity index is 408. The number of carbonyl (C=O) groups excluding carboxylic acids is 1. The molecule has 0 saturated heterocycles. The number of ketones is 1. The molecule has 0 N–H and O–H groups in total. The molecule has 0 unspecified atom stereocenters. The van der Waals surface area contributed by atoms with Gasteiger partial charge in [0.1, 0.15) is 5.75 Å². The summed E-state index contributed by atoms with van der Waals surface area (Å²) in [5, 5.41) is 0. The van der Waals surface area contributed by atoms with Crippen LogP contribution in [0.1, 0.15) is 10.4 Å². The SMILES string of the molecule is CN(C)C=C1Oc2ccccc2C1=O. The summed E-state index contributed by atoms with van der Waals surface area (Å²) in [7, 11) is 3.71. The van der Waals surface area contributed by atoms with Crippen LogP contribution < -0.4 is 4.74 Å². The van der Waals surface area contributed by atoms with Crippen molar-refractivity contribution < 1.29 is 9.53 Å². The first-order chi connectivity index (χ1) is 6.68. The lowest BCUT2D eigenvalue weighted by atomic mass is 10.1. The molecule has 1 aliphatic heterocycles. The summed E-state index contributed by atoms with van der Waals surface area (Å²) >= 11 is 0. The standard InChI is InChI=1S/C11H11NO2/c1-12(2)7-10-11(13)8-5-3-4-6-9(8)14-10/h3-7H,1-2H3. The Morgan fingerprint density at radius 2 is 2.00 bits per heavy atom. The lowest BCUT2D eigenvalue weighted by Gasteiger charge is -2.05. The minimum Gasteiger partial charge on any atom is -0.451 e. The van der Waals surface area contributed by atoms with Gasteiger partial charge in [-0.05, 0) is 12.1 Å². The molecule has 2 rings (SSSR count). The number of fused-ring (bicyclic) bond motifs is 1. The van der Waals surface area contributed by atoms with Crippen LogP contribution in [0, 0.1) is 0 Å². The minimum atomic E-state index is -0.0469. The summed E-state index contributed by atoms with van der Waals surface area (Å²) < 4.78 is 5.40. The molecule has 0 radical (unpaired) electrons. The maximum Gasteiger partial charge on any atom is 0.233 e. The summed E-state index contributed by atoms with van der Waals surface area (Å²) in [4.78, 5) is 13.5. The summed E-state index contributed by atoms with van der Waals surface area (Å²) in [6, 6.07) is 7.25. The average molecular weight is 189 g/mol. The van der Waals surface area contributed by atoms with E-state index in [2.05, 4.69) is 0 Å². The molecule has 0 atom stereocenters. The zero-order valence-electron chi connectivity index (χ0n) is 8.15. The van der Waals surface area contributed by atoms with E-state index < -0.39 is 0 Å². The van der Waals surface area contributed by atoms with Gasteiger partial charge in [-0.3, -0.25) is 4.79 Å². The summed E-state index contributed by atoms with van der Waals surface area (Å²) in [6.07, 6.45) is 1.68. The van der Waals surface area contributed by atoms with Crippen LogP contribution in [0.4, 0.5) is 0 Å². The van der Waals surface area contributed by atoms with Crippen LogP contribution in [0.25, 0.3) is 0 Å². The Labute approximate surface area is 82.6 Å². The van der Waals surface area contributed by atoms with Crippen LogP contribution in [-0.4, -0.2) is 24.8 Å². The van der Waals surface area contributed by atoms with Gasteiger partial charge in [-0.15, -0.1) is 0 Å². The Kier molecular flexibility index (Phi) is 2.00. The van der Waals surface area contributed by atoms with Gasteiger partial charge in [0.15, 0.2) is 5.76 Å². The molecule has 0 bridgehead atoms. The lowest BCUT2D eigenvalue weighted by Crippen LogP contribution is -2.08. The van der Waals surface area contributed by atoms with E-state index in [-0.39, 0.29) is 5.78 Å². The topological polar surface area (TPSA) is 29.5 Å². The highest BCUT2D eigenvalue weighted by Gasteiger charge is 2.26. The van der Waals surface area contributed by atoms with Crippen molar-refractivity contribution in [2.24, 2.45) is 0 Å². The molecular weight excluding hydrogens is 178 g/mol. The number of para-hydroxylation sites is 1. The first kappa shape index (κ1) is 8.81. The molecule has 0 aliphatic carbocycles. The van der Waals surface area contributed by atoms with E-state index in [9.17, 15) is 4.79 Å². The maximum absolute atomic E-state index is 11.7. The maximum atomic E-state index is 11.7. The second-order valence-electron chi connectivity index (χ2n) is 3.38. The molecule has 1 heterocycles. The van der Waals surface area contributed by atoms with E-state index in [1.54, 1.807) is 23.2 Å². The van der Waals surface area contributed by atoms with Crippen LogP contribution in [0.15, 0.2) is 36.2 Å². The largest absolute Gasteiger partial charge is 0.451 e. The summed E-state index contributed by atoms with van der Waals surface area (Å²) in [5.41, 5.74) is 0.639. The van der Waals surface area contributed by atoms with Gasteiger partial charge in [-0.2, -0.15) is 0 Å². The number of benzene rings is 1. The lowest BCUT2D eigenvalue weighted by molar-refractivity contribution is 0.101. The molecule has 0 amide bonds. The third kappa shape index (κ3) is 1.37. The number of nitrogens with zero attached hydrogens (tertiary/aromatic N) is 1. The molecule has 0 spiro atoms. The van der Waals surface area contributed by atoms with Crippen molar-refractivity contribution in [2.45, 2.75) is 0 Å². The van der Waals surface area contributed by atoms with Gasteiger partial charge in [0.05, 0.1) is 5.56 Å². The van der Waals surface area contributed by atoms with Crippen molar-refractivity contribution >= 4 is 5.78 Å². The summed E-state index contributed by atoms with van der Waals surface area (Å²) in [6.45, 7) is 0. The fourth-order valence-electron chi connectivity index (χ4n) is 1.36. The van der Waals surface area contributed by atoms with Gasteiger partial charge >= 0.3 is 0 Å². The van der Waals surface area contributed by atoms with E-state index in [1.165, 1.54) is 0 Å². The van der Waals surface area contributed by atoms with E-state index in [4.69, 9.17) is 4.74 Å². The van der Waals surface area contributed by atoms with Gasteiger partial charge in [-0.25, -0.2) is 0 Å². The third-order valence-corrected chi connectivity index (χ3v) is 1.95. The number of hydrogen-bond acceptors (Lipinski definition) is 3. The van der Waals surface area contributed by atoms with Gasteiger partial charge in [0.2, 0.25) is 5.78 Å². The molecule has 72 valence electrons. The van der Waals surface area contributed by atoms with Crippen molar-refractivity contribution in [3.05, 3.63) is 41.8 Å². The molecule has 14 heavy (non-hydrogen) atoms. The zero-order valence-corrected chi connectivity index (χ0v) is 8.15. The molecule has 0 aromatic heterocycles. The normalized spacial score (nSPS) is 16.7. The number of Topliss-reactive ketones (excluding diaryl/α,β-unsaturated/α-hetero) is 1. The monoisotopic (exact) mass is 189 g/mol. The highest BCUT2D eigenvalue weighted by atomic mass is 16.5. The molecule has 3 nitrogen and oxygen atoms in total. The van der Waals surface area contributed by atoms with Crippen molar-refractivity contribution in [1.29, 1.82) is 0 Å². The quantitative estimate of drug-likeness (QED) is 0.629. The van der Waals surface area contributed by atoms with Crippen LogP contribution >= 0.6 is 0 Å². The Balaban J connectivity index is 2.39. The Hall–Kier alpha value is -1.77. The molecule has 1 aliphatic rings. The van der Waals surface area contributed by atoms with E-state index in [0.29, 0.717) is 17.1 Å². The number of allylic oxidation sites excluding steroid dienone is 1. The van der Waals surface area contributed by atoms with Gasteiger partial charge in [-0.1, -0.05) is 12.1 Å². The van der Waals surface area contributed by atoms with Crippen molar-refractivity contribution in [3.8, 4) is 5.75 Å². The van der Waals surface area contributed by atoms with Gasteiger partial charge in [0, 0.05) is 20.3 Å².